The molecule has 1 nitrogen and oxygen atoms in total. The van der Waals surface area contributed by atoms with Gasteiger partial charge in [0.15, 0.2) is 0 Å². The van der Waals surface area contributed by atoms with Gasteiger partial charge in [-0.05, 0) is 37.0 Å². The summed E-state index contributed by atoms with van der Waals surface area (Å²) in [6.07, 6.45) is -3.85. The van der Waals surface area contributed by atoms with E-state index in [1.54, 1.807) is 0 Å². The molecule has 2 rings (SSSR count). The molecule has 0 amide bonds. The molecule has 1 fully saturated rings. The fourth-order valence-corrected chi connectivity index (χ4v) is 2.20. The van der Waals surface area contributed by atoms with Crippen LogP contribution in [0.1, 0.15) is 30.4 Å². The zero-order chi connectivity index (χ0) is 12.6. The Labute approximate surface area is 96.8 Å². The van der Waals surface area contributed by atoms with Gasteiger partial charge < -0.3 is 5.32 Å². The Morgan fingerprint density at radius 3 is 2.53 bits per heavy atom. The van der Waals surface area contributed by atoms with Crippen molar-refractivity contribution in [2.24, 2.45) is 0 Å². The summed E-state index contributed by atoms with van der Waals surface area (Å²) in [5, 5.41) is 3.17. The molecule has 1 N–H and O–H groups in total. The number of hydrogen-bond acceptors (Lipinski definition) is 1. The van der Waals surface area contributed by atoms with E-state index in [2.05, 4.69) is 5.32 Å². The minimum absolute atomic E-state index is 0.0340. The lowest BCUT2D eigenvalue weighted by atomic mass is 9.95. The van der Waals surface area contributed by atoms with E-state index in [9.17, 15) is 17.6 Å². The molecule has 1 aliphatic rings. The third-order valence-electron chi connectivity index (χ3n) is 3.12. The van der Waals surface area contributed by atoms with Crippen molar-refractivity contribution in [3.05, 3.63) is 35.1 Å². The maximum Gasteiger partial charge on any atom is 0.419 e. The van der Waals surface area contributed by atoms with E-state index in [0.29, 0.717) is 18.2 Å². The van der Waals surface area contributed by atoms with E-state index in [1.165, 1.54) is 6.07 Å². The van der Waals surface area contributed by atoms with Crippen molar-refractivity contribution < 1.29 is 17.6 Å². The quantitative estimate of drug-likeness (QED) is 0.751. The lowest BCUT2D eigenvalue weighted by molar-refractivity contribution is -0.140. The number of hydrogen-bond donors (Lipinski definition) is 1. The van der Waals surface area contributed by atoms with Crippen LogP contribution in [0.4, 0.5) is 17.6 Å². The summed E-state index contributed by atoms with van der Waals surface area (Å²) in [5.74, 6) is -1.17. The molecule has 1 aromatic carbocycles. The van der Waals surface area contributed by atoms with Gasteiger partial charge in [-0.1, -0.05) is 6.07 Å². The van der Waals surface area contributed by atoms with Gasteiger partial charge in [0.05, 0.1) is 5.56 Å². The van der Waals surface area contributed by atoms with Crippen LogP contribution < -0.4 is 5.32 Å². The normalized spacial score (nSPS) is 25.2. The Balaban J connectivity index is 2.31. The summed E-state index contributed by atoms with van der Waals surface area (Å²) in [4.78, 5) is 0. The molecule has 0 spiro atoms. The van der Waals surface area contributed by atoms with Crippen LogP contribution in [0.25, 0.3) is 0 Å². The number of rotatable bonds is 1. The smallest absolute Gasteiger partial charge is 0.314 e. The molecule has 1 aromatic rings. The second-order valence-corrected chi connectivity index (χ2v) is 4.48. The SMILES string of the molecule is CC1CC(c2ccc(F)c(C(F)(F)F)c2)CN1. The predicted octanol–water partition coefficient (Wildman–Crippen LogP) is 3.31. The predicted molar refractivity (Wildman–Crippen MR) is 56.2 cm³/mol. The van der Waals surface area contributed by atoms with Crippen LogP contribution >= 0.6 is 0 Å². The van der Waals surface area contributed by atoms with Gasteiger partial charge in [0, 0.05) is 12.6 Å². The first-order chi connectivity index (χ1) is 7.88. The highest BCUT2D eigenvalue weighted by atomic mass is 19.4. The third kappa shape index (κ3) is 2.60. The lowest BCUT2D eigenvalue weighted by Gasteiger charge is -2.13. The number of alkyl halides is 3. The fraction of sp³-hybridized carbons (Fsp3) is 0.500. The topological polar surface area (TPSA) is 12.0 Å². The molecule has 1 aliphatic heterocycles. The number of halogens is 4. The first-order valence-corrected chi connectivity index (χ1v) is 5.48. The summed E-state index contributed by atoms with van der Waals surface area (Å²) < 4.78 is 50.7. The Kier molecular flexibility index (Phi) is 3.12. The van der Waals surface area contributed by atoms with Gasteiger partial charge in [0.1, 0.15) is 5.82 Å². The first kappa shape index (κ1) is 12.4. The van der Waals surface area contributed by atoms with Crippen molar-refractivity contribution in [3.63, 3.8) is 0 Å². The van der Waals surface area contributed by atoms with Crippen LogP contribution in [0.2, 0.25) is 0 Å². The Morgan fingerprint density at radius 1 is 1.29 bits per heavy atom. The summed E-state index contributed by atoms with van der Waals surface area (Å²) in [6, 6.07) is 3.56. The van der Waals surface area contributed by atoms with Crippen LogP contribution in [-0.2, 0) is 6.18 Å². The molecule has 17 heavy (non-hydrogen) atoms. The molecule has 2 atom stereocenters. The molecule has 5 heteroatoms. The van der Waals surface area contributed by atoms with E-state index in [4.69, 9.17) is 0 Å². The van der Waals surface area contributed by atoms with Crippen LogP contribution in [0.3, 0.4) is 0 Å². The standard InChI is InChI=1S/C12H13F4N/c1-7-4-9(6-17-7)8-2-3-11(13)10(5-8)12(14,15)16/h2-3,5,7,9,17H,4,6H2,1H3. The van der Waals surface area contributed by atoms with Gasteiger partial charge >= 0.3 is 6.18 Å². The fourth-order valence-electron chi connectivity index (χ4n) is 2.20. The van der Waals surface area contributed by atoms with Crippen LogP contribution in [-0.4, -0.2) is 12.6 Å². The van der Waals surface area contributed by atoms with Gasteiger partial charge in [-0.15, -0.1) is 0 Å². The van der Waals surface area contributed by atoms with Crippen molar-refractivity contribution in [1.82, 2.24) is 5.32 Å². The zero-order valence-electron chi connectivity index (χ0n) is 9.31. The van der Waals surface area contributed by atoms with Crippen LogP contribution in [0.15, 0.2) is 18.2 Å². The Morgan fingerprint density at radius 2 is 2.00 bits per heavy atom. The van der Waals surface area contributed by atoms with E-state index in [-0.39, 0.29) is 5.92 Å². The lowest BCUT2D eigenvalue weighted by Crippen LogP contribution is -2.16. The van der Waals surface area contributed by atoms with Gasteiger partial charge in [-0.25, -0.2) is 4.39 Å². The number of nitrogens with one attached hydrogen (secondary N) is 1. The molecule has 2 unspecified atom stereocenters. The number of benzene rings is 1. The molecule has 94 valence electrons. The molecular weight excluding hydrogens is 234 g/mol. The molecule has 0 radical (unpaired) electrons. The van der Waals surface area contributed by atoms with E-state index in [0.717, 1.165) is 18.6 Å². The summed E-state index contributed by atoms with van der Waals surface area (Å²) in [6.45, 7) is 2.62. The molecule has 0 aromatic heterocycles. The maximum absolute atomic E-state index is 13.1. The summed E-state index contributed by atoms with van der Waals surface area (Å²) >= 11 is 0. The minimum atomic E-state index is -4.63. The second kappa shape index (κ2) is 4.29. The second-order valence-electron chi connectivity index (χ2n) is 4.48. The molecule has 1 saturated heterocycles. The molecule has 0 saturated carbocycles. The molecule has 0 bridgehead atoms. The van der Waals surface area contributed by atoms with Crippen LogP contribution in [0.5, 0.6) is 0 Å². The molecule has 0 aliphatic carbocycles. The average Bonchev–Trinajstić information content (AvgIpc) is 2.64. The van der Waals surface area contributed by atoms with Gasteiger partial charge in [0.2, 0.25) is 0 Å². The highest BCUT2D eigenvalue weighted by Gasteiger charge is 2.35. The molecule has 1 heterocycles. The summed E-state index contributed by atoms with van der Waals surface area (Å²) in [7, 11) is 0. The minimum Gasteiger partial charge on any atom is -0.314 e. The maximum atomic E-state index is 13.1. The van der Waals surface area contributed by atoms with Crippen molar-refractivity contribution in [3.8, 4) is 0 Å². The largest absolute Gasteiger partial charge is 0.419 e. The van der Waals surface area contributed by atoms with E-state index in [1.807, 2.05) is 6.92 Å². The summed E-state index contributed by atoms with van der Waals surface area (Å²) in [5.41, 5.74) is -0.620. The van der Waals surface area contributed by atoms with Crippen LogP contribution in [0, 0.1) is 5.82 Å². The van der Waals surface area contributed by atoms with Crippen molar-refractivity contribution in [2.45, 2.75) is 31.5 Å². The van der Waals surface area contributed by atoms with Gasteiger partial charge in [-0.2, -0.15) is 13.2 Å². The molecular formula is C12H13F4N. The van der Waals surface area contributed by atoms with Crippen molar-refractivity contribution in [2.75, 3.05) is 6.54 Å². The van der Waals surface area contributed by atoms with Gasteiger partial charge in [0.25, 0.3) is 0 Å². The van der Waals surface area contributed by atoms with E-state index < -0.39 is 17.6 Å². The average molecular weight is 247 g/mol. The highest BCUT2D eigenvalue weighted by molar-refractivity contribution is 5.30. The Hall–Kier alpha value is -1.10. The first-order valence-electron chi connectivity index (χ1n) is 5.48. The monoisotopic (exact) mass is 247 g/mol. The zero-order valence-corrected chi connectivity index (χ0v) is 9.31. The van der Waals surface area contributed by atoms with Crippen molar-refractivity contribution >= 4 is 0 Å². The Bertz CT molecular complexity index is 413. The van der Waals surface area contributed by atoms with Gasteiger partial charge in [-0.3, -0.25) is 0 Å². The van der Waals surface area contributed by atoms with Crippen molar-refractivity contribution in [1.29, 1.82) is 0 Å². The van der Waals surface area contributed by atoms with E-state index >= 15 is 0 Å². The highest BCUT2D eigenvalue weighted by Crippen LogP contribution is 2.34. The third-order valence-corrected chi connectivity index (χ3v) is 3.12.